The zero-order chi connectivity index (χ0) is 18.4. The fourth-order valence-corrected chi connectivity index (χ4v) is 3.76. The Morgan fingerprint density at radius 2 is 1.88 bits per heavy atom. The van der Waals surface area contributed by atoms with Crippen molar-refractivity contribution in [3.05, 3.63) is 47.0 Å². The molecule has 0 unspecified atom stereocenters. The molecular formula is C14H10ClF3N4O2S. The van der Waals surface area contributed by atoms with Gasteiger partial charge >= 0.3 is 6.18 Å². The van der Waals surface area contributed by atoms with Gasteiger partial charge in [0.05, 0.1) is 27.3 Å². The molecule has 0 aliphatic carbocycles. The Bertz CT molecular complexity index is 1060. The molecule has 0 fully saturated rings. The van der Waals surface area contributed by atoms with Crippen LogP contribution >= 0.6 is 11.6 Å². The Morgan fingerprint density at radius 1 is 1.16 bits per heavy atom. The lowest BCUT2D eigenvalue weighted by molar-refractivity contribution is -0.137. The Kier molecular flexibility index (Phi) is 4.04. The molecular weight excluding hydrogens is 381 g/mol. The van der Waals surface area contributed by atoms with E-state index in [1.165, 1.54) is 18.2 Å². The quantitative estimate of drug-likeness (QED) is 0.635. The van der Waals surface area contributed by atoms with Gasteiger partial charge < -0.3 is 10.7 Å². The highest BCUT2D eigenvalue weighted by molar-refractivity contribution is 7.92. The fraction of sp³-hybridized carbons (Fsp3) is 0.0714. The van der Waals surface area contributed by atoms with E-state index in [-0.39, 0.29) is 16.7 Å². The van der Waals surface area contributed by atoms with Crippen LogP contribution in [0.3, 0.4) is 0 Å². The summed E-state index contributed by atoms with van der Waals surface area (Å²) in [6.45, 7) is 0. The standard InChI is InChI=1S/C14H10ClF3N4O2S/c15-9-3-1-7(14(16,17)18)5-12(9)25(23,24)22-8-2-4-10-11(6-8)21-13(19)20-10/h1-6,22H,(H3,19,20,21). The minimum Gasteiger partial charge on any atom is -0.369 e. The number of H-pyrrole nitrogens is 1. The first-order valence-corrected chi connectivity index (χ1v) is 8.57. The molecule has 3 aromatic rings. The molecule has 0 radical (unpaired) electrons. The number of hydrogen-bond acceptors (Lipinski definition) is 4. The summed E-state index contributed by atoms with van der Waals surface area (Å²) < 4.78 is 65.5. The summed E-state index contributed by atoms with van der Waals surface area (Å²) in [5, 5.41) is -0.327. The summed E-state index contributed by atoms with van der Waals surface area (Å²) in [4.78, 5) is 6.01. The number of imidazole rings is 1. The van der Waals surface area contributed by atoms with Crippen molar-refractivity contribution < 1.29 is 21.6 Å². The minimum absolute atomic E-state index is 0.115. The third kappa shape index (κ3) is 3.49. The van der Waals surface area contributed by atoms with E-state index < -0.39 is 26.7 Å². The summed E-state index contributed by atoms with van der Waals surface area (Å²) in [6, 6.07) is 6.41. The van der Waals surface area contributed by atoms with Crippen molar-refractivity contribution >= 4 is 44.3 Å². The van der Waals surface area contributed by atoms with Crippen molar-refractivity contribution in [1.82, 2.24) is 9.97 Å². The minimum atomic E-state index is -4.69. The molecule has 0 saturated heterocycles. The molecule has 0 aliphatic rings. The number of hydrogen-bond donors (Lipinski definition) is 3. The molecule has 0 atom stereocenters. The van der Waals surface area contributed by atoms with Gasteiger partial charge in [-0.15, -0.1) is 0 Å². The number of aromatic amines is 1. The molecule has 0 spiro atoms. The van der Waals surface area contributed by atoms with Gasteiger partial charge in [-0.05, 0) is 36.4 Å². The van der Waals surface area contributed by atoms with Crippen molar-refractivity contribution in [1.29, 1.82) is 0 Å². The number of halogens is 4. The monoisotopic (exact) mass is 390 g/mol. The van der Waals surface area contributed by atoms with Crippen molar-refractivity contribution in [3.63, 3.8) is 0 Å². The summed E-state index contributed by atoms with van der Waals surface area (Å²) in [5.41, 5.74) is 5.48. The van der Waals surface area contributed by atoms with Crippen molar-refractivity contribution in [2.75, 3.05) is 10.5 Å². The van der Waals surface area contributed by atoms with Gasteiger partial charge in [0.2, 0.25) is 0 Å². The first kappa shape index (κ1) is 17.4. The number of benzene rings is 2. The van der Waals surface area contributed by atoms with Crippen LogP contribution in [0.4, 0.5) is 24.8 Å². The predicted octanol–water partition coefficient (Wildman–Crippen LogP) is 3.62. The number of nitrogens with zero attached hydrogens (tertiary/aromatic N) is 1. The summed E-state index contributed by atoms with van der Waals surface area (Å²) >= 11 is 5.78. The Balaban J connectivity index is 2.00. The van der Waals surface area contributed by atoms with E-state index in [1.54, 1.807) is 0 Å². The number of nitrogens with two attached hydrogens (primary N) is 1. The second-order valence-corrected chi connectivity index (χ2v) is 7.16. The first-order valence-electron chi connectivity index (χ1n) is 6.71. The molecule has 1 aromatic heterocycles. The van der Waals surface area contributed by atoms with E-state index >= 15 is 0 Å². The summed E-state index contributed by atoms with van der Waals surface area (Å²) in [7, 11) is -4.34. The maximum atomic E-state index is 12.8. The van der Waals surface area contributed by atoms with Crippen LogP contribution in [0.25, 0.3) is 11.0 Å². The van der Waals surface area contributed by atoms with Gasteiger partial charge in [-0.3, -0.25) is 4.72 Å². The molecule has 2 aromatic carbocycles. The van der Waals surface area contributed by atoms with Crippen LogP contribution in [-0.2, 0) is 16.2 Å². The van der Waals surface area contributed by atoms with Crippen molar-refractivity contribution in [3.8, 4) is 0 Å². The van der Waals surface area contributed by atoms with Crippen molar-refractivity contribution in [2.24, 2.45) is 0 Å². The topological polar surface area (TPSA) is 101 Å². The highest BCUT2D eigenvalue weighted by Crippen LogP contribution is 2.34. The van der Waals surface area contributed by atoms with Crippen LogP contribution in [0.5, 0.6) is 0 Å². The molecule has 25 heavy (non-hydrogen) atoms. The number of nitrogens with one attached hydrogen (secondary N) is 2. The number of nitrogen functional groups attached to an aromatic ring is 1. The smallest absolute Gasteiger partial charge is 0.369 e. The maximum Gasteiger partial charge on any atom is 0.416 e. The Labute approximate surface area is 144 Å². The molecule has 11 heteroatoms. The number of anilines is 2. The van der Waals surface area contributed by atoms with Gasteiger partial charge in [0.1, 0.15) is 4.90 Å². The summed E-state index contributed by atoms with van der Waals surface area (Å²) in [6.07, 6.45) is -4.69. The maximum absolute atomic E-state index is 12.8. The fourth-order valence-electron chi connectivity index (χ4n) is 2.19. The second-order valence-electron chi connectivity index (χ2n) is 5.10. The van der Waals surface area contributed by atoms with E-state index in [1.807, 2.05) is 0 Å². The number of sulfonamides is 1. The number of fused-ring (bicyclic) bond motifs is 1. The van der Waals surface area contributed by atoms with E-state index in [9.17, 15) is 21.6 Å². The van der Waals surface area contributed by atoms with E-state index in [2.05, 4.69) is 14.7 Å². The van der Waals surface area contributed by atoms with Gasteiger partial charge in [-0.25, -0.2) is 13.4 Å². The van der Waals surface area contributed by atoms with Gasteiger partial charge in [0.15, 0.2) is 5.95 Å². The Hall–Kier alpha value is -2.46. The number of alkyl halides is 3. The van der Waals surface area contributed by atoms with Crippen LogP contribution < -0.4 is 10.5 Å². The third-order valence-corrected chi connectivity index (χ3v) is 5.16. The molecule has 132 valence electrons. The molecule has 6 nitrogen and oxygen atoms in total. The van der Waals surface area contributed by atoms with Gasteiger partial charge in [-0.2, -0.15) is 13.2 Å². The predicted molar refractivity (Wildman–Crippen MR) is 87.8 cm³/mol. The van der Waals surface area contributed by atoms with Gasteiger partial charge in [0, 0.05) is 0 Å². The Morgan fingerprint density at radius 3 is 2.56 bits per heavy atom. The molecule has 0 bridgehead atoms. The van der Waals surface area contributed by atoms with Crippen LogP contribution in [0.15, 0.2) is 41.3 Å². The lowest BCUT2D eigenvalue weighted by Gasteiger charge is -2.12. The first-order chi connectivity index (χ1) is 11.6. The third-order valence-electron chi connectivity index (χ3n) is 3.30. The largest absolute Gasteiger partial charge is 0.416 e. The zero-order valence-corrected chi connectivity index (χ0v) is 13.8. The average molecular weight is 391 g/mol. The molecule has 0 amide bonds. The average Bonchev–Trinajstić information content (AvgIpc) is 2.85. The van der Waals surface area contributed by atoms with Crippen LogP contribution in [0.2, 0.25) is 5.02 Å². The second kappa shape index (κ2) is 5.81. The SMILES string of the molecule is Nc1nc2ccc(NS(=O)(=O)c3cc(C(F)(F)F)ccc3Cl)cc2[nH]1. The lowest BCUT2D eigenvalue weighted by Crippen LogP contribution is -2.15. The highest BCUT2D eigenvalue weighted by Gasteiger charge is 2.32. The molecule has 1 heterocycles. The lowest BCUT2D eigenvalue weighted by atomic mass is 10.2. The molecule has 0 aliphatic heterocycles. The number of rotatable bonds is 3. The molecule has 3 rings (SSSR count). The normalized spacial score (nSPS) is 12.5. The molecule has 4 N–H and O–H groups in total. The van der Waals surface area contributed by atoms with Crippen LogP contribution in [-0.4, -0.2) is 18.4 Å². The van der Waals surface area contributed by atoms with E-state index in [4.69, 9.17) is 17.3 Å². The summed E-state index contributed by atoms with van der Waals surface area (Å²) in [5.74, 6) is 0.149. The zero-order valence-electron chi connectivity index (χ0n) is 12.2. The number of aromatic nitrogens is 2. The van der Waals surface area contributed by atoms with Crippen LogP contribution in [0, 0.1) is 0 Å². The van der Waals surface area contributed by atoms with Crippen LogP contribution in [0.1, 0.15) is 5.56 Å². The highest BCUT2D eigenvalue weighted by atomic mass is 35.5. The van der Waals surface area contributed by atoms with E-state index in [0.717, 1.165) is 6.07 Å². The van der Waals surface area contributed by atoms with Crippen molar-refractivity contribution in [2.45, 2.75) is 11.1 Å². The van der Waals surface area contributed by atoms with Gasteiger partial charge in [0.25, 0.3) is 10.0 Å². The van der Waals surface area contributed by atoms with E-state index in [0.29, 0.717) is 23.2 Å². The van der Waals surface area contributed by atoms with Gasteiger partial charge in [-0.1, -0.05) is 11.6 Å². The molecule has 0 saturated carbocycles.